The van der Waals surface area contributed by atoms with E-state index < -0.39 is 18.8 Å². The van der Waals surface area contributed by atoms with Gasteiger partial charge in [-0.05, 0) is 35.2 Å². The van der Waals surface area contributed by atoms with Gasteiger partial charge < -0.3 is 15.0 Å². The highest BCUT2D eigenvalue weighted by molar-refractivity contribution is 5.83. The molecule has 0 aliphatic carbocycles. The summed E-state index contributed by atoms with van der Waals surface area (Å²) in [6.07, 6.45) is -0.128. The van der Waals surface area contributed by atoms with Gasteiger partial charge in [0.25, 0.3) is 5.91 Å². The quantitative estimate of drug-likeness (QED) is 0.901. The Morgan fingerprint density at radius 3 is 2.74 bits per heavy atom. The minimum Gasteiger partial charge on any atom is -0.365 e. The first-order valence-corrected chi connectivity index (χ1v) is 9.23. The van der Waals surface area contributed by atoms with Crippen LogP contribution in [0.15, 0.2) is 48.5 Å². The average molecular weight is 372 g/mol. The lowest BCUT2D eigenvalue weighted by atomic mass is 9.87. The summed E-state index contributed by atoms with van der Waals surface area (Å²) in [7, 11) is 0. The normalized spacial score (nSPS) is 25.1. The van der Waals surface area contributed by atoms with E-state index in [9.17, 15) is 13.6 Å². The third-order valence-electron chi connectivity index (χ3n) is 5.33. The number of hydrogen-bond donors (Lipinski definition) is 1. The van der Waals surface area contributed by atoms with Crippen LogP contribution in [0.1, 0.15) is 22.7 Å². The fourth-order valence-electron chi connectivity index (χ4n) is 4.00. The second kappa shape index (κ2) is 7.74. The number of nitrogens with one attached hydrogen (secondary N) is 1. The van der Waals surface area contributed by atoms with E-state index in [-0.39, 0.29) is 17.8 Å². The van der Waals surface area contributed by atoms with Crippen LogP contribution in [0.2, 0.25) is 0 Å². The standard InChI is InChI=1S/C21H22F2N2O2/c22-13-18-20(27-12-10-24-18)21(26)25-11-9-14-3-1-2-4-17(14)19(25)15-5-7-16(23)8-6-15/h1-8,18-20,24H,9-13H2/t18-,19+,20+/m1/s1. The highest BCUT2D eigenvalue weighted by atomic mass is 19.1. The number of amides is 1. The Bertz CT molecular complexity index is 812. The van der Waals surface area contributed by atoms with Gasteiger partial charge in [0.2, 0.25) is 0 Å². The van der Waals surface area contributed by atoms with Crippen LogP contribution < -0.4 is 5.32 Å². The number of alkyl halides is 1. The predicted octanol–water partition coefficient (Wildman–Crippen LogP) is 2.63. The molecule has 142 valence electrons. The van der Waals surface area contributed by atoms with Gasteiger partial charge >= 0.3 is 0 Å². The number of morpholine rings is 1. The molecule has 3 atom stereocenters. The maximum Gasteiger partial charge on any atom is 0.254 e. The second-order valence-corrected chi connectivity index (χ2v) is 6.94. The van der Waals surface area contributed by atoms with E-state index >= 15 is 0 Å². The number of carbonyl (C=O) groups is 1. The molecule has 1 saturated heterocycles. The SMILES string of the molecule is O=C([C@H]1OCCN[C@@H]1CF)N1CCc2ccccc2[C@@H]1c1ccc(F)cc1. The molecular formula is C21H22F2N2O2. The number of ether oxygens (including phenoxy) is 1. The lowest BCUT2D eigenvalue weighted by molar-refractivity contribution is -0.151. The summed E-state index contributed by atoms with van der Waals surface area (Å²) >= 11 is 0. The molecule has 2 aliphatic heterocycles. The van der Waals surface area contributed by atoms with Crippen LogP contribution in [0.3, 0.4) is 0 Å². The van der Waals surface area contributed by atoms with Gasteiger partial charge in [-0.25, -0.2) is 8.78 Å². The smallest absolute Gasteiger partial charge is 0.254 e. The molecular weight excluding hydrogens is 350 g/mol. The Balaban J connectivity index is 1.72. The van der Waals surface area contributed by atoms with Crippen LogP contribution in [0.5, 0.6) is 0 Å². The lowest BCUT2D eigenvalue weighted by Gasteiger charge is -2.41. The molecule has 0 spiro atoms. The van der Waals surface area contributed by atoms with Crippen LogP contribution in [0, 0.1) is 5.82 Å². The fraction of sp³-hybridized carbons (Fsp3) is 0.381. The largest absolute Gasteiger partial charge is 0.365 e. The first-order valence-electron chi connectivity index (χ1n) is 9.23. The molecule has 2 heterocycles. The van der Waals surface area contributed by atoms with Crippen molar-refractivity contribution in [2.75, 3.05) is 26.4 Å². The number of benzene rings is 2. The highest BCUT2D eigenvalue weighted by Gasteiger charge is 2.40. The topological polar surface area (TPSA) is 41.6 Å². The van der Waals surface area contributed by atoms with Crippen LogP contribution in [0.25, 0.3) is 0 Å². The molecule has 4 rings (SSSR count). The lowest BCUT2D eigenvalue weighted by Crippen LogP contribution is -2.58. The molecule has 0 unspecified atom stereocenters. The number of fused-ring (bicyclic) bond motifs is 1. The number of carbonyl (C=O) groups excluding carboxylic acids is 1. The van der Waals surface area contributed by atoms with Gasteiger partial charge in [0, 0.05) is 13.1 Å². The van der Waals surface area contributed by atoms with Gasteiger partial charge in [0.1, 0.15) is 12.5 Å². The summed E-state index contributed by atoms with van der Waals surface area (Å²) in [4.78, 5) is 15.0. The van der Waals surface area contributed by atoms with Gasteiger partial charge in [0.05, 0.1) is 18.7 Å². The Morgan fingerprint density at radius 2 is 1.96 bits per heavy atom. The van der Waals surface area contributed by atoms with Crippen molar-refractivity contribution < 1.29 is 18.3 Å². The maximum atomic E-state index is 13.4. The van der Waals surface area contributed by atoms with Crippen molar-refractivity contribution in [2.24, 2.45) is 0 Å². The van der Waals surface area contributed by atoms with Gasteiger partial charge in [-0.2, -0.15) is 0 Å². The van der Waals surface area contributed by atoms with E-state index in [1.165, 1.54) is 17.7 Å². The average Bonchev–Trinajstić information content (AvgIpc) is 2.73. The Kier molecular flexibility index (Phi) is 5.18. The fourth-order valence-corrected chi connectivity index (χ4v) is 4.00. The Morgan fingerprint density at radius 1 is 1.19 bits per heavy atom. The predicted molar refractivity (Wildman–Crippen MR) is 97.6 cm³/mol. The molecule has 2 aromatic rings. The van der Waals surface area contributed by atoms with Gasteiger partial charge in [0.15, 0.2) is 6.10 Å². The van der Waals surface area contributed by atoms with Crippen molar-refractivity contribution in [3.63, 3.8) is 0 Å². The molecule has 2 aromatic carbocycles. The molecule has 0 aromatic heterocycles. The zero-order chi connectivity index (χ0) is 18.8. The molecule has 0 radical (unpaired) electrons. The molecule has 4 nitrogen and oxygen atoms in total. The Hall–Kier alpha value is -2.31. The van der Waals surface area contributed by atoms with Crippen molar-refractivity contribution in [3.05, 3.63) is 71.0 Å². The molecule has 2 aliphatic rings. The Labute approximate surface area is 157 Å². The summed E-state index contributed by atoms with van der Waals surface area (Å²) in [6.45, 7) is 0.750. The number of hydrogen-bond acceptors (Lipinski definition) is 3. The zero-order valence-electron chi connectivity index (χ0n) is 14.9. The number of nitrogens with zero attached hydrogens (tertiary/aromatic N) is 1. The highest BCUT2D eigenvalue weighted by Crippen LogP contribution is 2.36. The van der Waals surface area contributed by atoms with E-state index in [0.29, 0.717) is 19.7 Å². The number of halogens is 2. The first kappa shape index (κ1) is 18.1. The molecule has 27 heavy (non-hydrogen) atoms. The van der Waals surface area contributed by atoms with Gasteiger partial charge in [-0.1, -0.05) is 36.4 Å². The van der Waals surface area contributed by atoms with Crippen molar-refractivity contribution in [1.82, 2.24) is 10.2 Å². The summed E-state index contributed by atoms with van der Waals surface area (Å²) in [5.74, 6) is -0.549. The molecule has 6 heteroatoms. The van der Waals surface area contributed by atoms with E-state index in [1.807, 2.05) is 18.2 Å². The van der Waals surface area contributed by atoms with E-state index in [2.05, 4.69) is 11.4 Å². The van der Waals surface area contributed by atoms with E-state index in [0.717, 1.165) is 17.5 Å². The molecule has 1 amide bonds. The first-order chi connectivity index (χ1) is 13.2. The van der Waals surface area contributed by atoms with Crippen molar-refractivity contribution in [2.45, 2.75) is 24.6 Å². The van der Waals surface area contributed by atoms with Crippen molar-refractivity contribution in [3.8, 4) is 0 Å². The summed E-state index contributed by atoms with van der Waals surface area (Å²) < 4.78 is 32.5. The van der Waals surface area contributed by atoms with Crippen LogP contribution in [0.4, 0.5) is 8.78 Å². The van der Waals surface area contributed by atoms with E-state index in [4.69, 9.17) is 4.74 Å². The zero-order valence-corrected chi connectivity index (χ0v) is 14.9. The van der Waals surface area contributed by atoms with E-state index in [1.54, 1.807) is 17.0 Å². The monoisotopic (exact) mass is 372 g/mol. The minimum atomic E-state index is -0.850. The summed E-state index contributed by atoms with van der Waals surface area (Å²) in [5, 5.41) is 3.02. The van der Waals surface area contributed by atoms with Crippen LogP contribution in [-0.2, 0) is 16.0 Å². The third kappa shape index (κ3) is 3.47. The number of rotatable bonds is 3. The van der Waals surface area contributed by atoms with Gasteiger partial charge in [-0.15, -0.1) is 0 Å². The van der Waals surface area contributed by atoms with Crippen LogP contribution in [-0.4, -0.2) is 49.3 Å². The molecule has 0 saturated carbocycles. The summed E-state index contributed by atoms with van der Waals surface area (Å²) in [5.41, 5.74) is 3.02. The minimum absolute atomic E-state index is 0.228. The third-order valence-corrected chi connectivity index (χ3v) is 5.33. The van der Waals surface area contributed by atoms with Crippen molar-refractivity contribution in [1.29, 1.82) is 0 Å². The summed E-state index contributed by atoms with van der Waals surface area (Å²) in [6, 6.07) is 13.2. The van der Waals surface area contributed by atoms with Crippen molar-refractivity contribution >= 4 is 5.91 Å². The molecule has 1 N–H and O–H groups in total. The van der Waals surface area contributed by atoms with Crippen LogP contribution >= 0.6 is 0 Å². The molecule has 1 fully saturated rings. The molecule has 0 bridgehead atoms. The van der Waals surface area contributed by atoms with Gasteiger partial charge in [-0.3, -0.25) is 4.79 Å². The second-order valence-electron chi connectivity index (χ2n) is 6.94. The maximum absolute atomic E-state index is 13.4.